The number of rotatable bonds is 4. The summed E-state index contributed by atoms with van der Waals surface area (Å²) in [5.41, 5.74) is 2.44. The fourth-order valence-corrected chi connectivity index (χ4v) is 3.35. The highest BCUT2D eigenvalue weighted by atomic mass is 32.2. The van der Waals surface area contributed by atoms with Crippen LogP contribution >= 0.6 is 0 Å². The molecular weight excluding hydrogens is 326 g/mol. The number of anilines is 1. The number of nitrogens with zero attached hydrogens (tertiary/aromatic N) is 2. The molecule has 1 aliphatic rings. The minimum absolute atomic E-state index is 0.152. The molecule has 0 saturated carbocycles. The smallest absolute Gasteiger partial charge is 0.251 e. The second-order valence-electron chi connectivity index (χ2n) is 5.36. The summed E-state index contributed by atoms with van der Waals surface area (Å²) in [4.78, 5) is 18.2. The highest BCUT2D eigenvalue weighted by molar-refractivity contribution is 7.89. The second-order valence-corrected chi connectivity index (χ2v) is 7.24. The Morgan fingerprint density at radius 3 is 2.88 bits per heavy atom. The highest BCUT2D eigenvalue weighted by Gasteiger charge is 2.25. The lowest BCUT2D eigenvalue weighted by Crippen LogP contribution is -2.27. The van der Waals surface area contributed by atoms with Crippen LogP contribution in [0.2, 0.25) is 0 Å². The topological polar surface area (TPSA) is 79.4 Å². The van der Waals surface area contributed by atoms with Gasteiger partial charge in [0, 0.05) is 30.7 Å². The molecular formula is C17H17N3O3S. The summed E-state index contributed by atoms with van der Waals surface area (Å²) in [6, 6.07) is 8.52. The highest BCUT2D eigenvalue weighted by Crippen LogP contribution is 2.30. The Balaban J connectivity index is 1.87. The van der Waals surface area contributed by atoms with Crippen molar-refractivity contribution in [3.8, 4) is 0 Å². The van der Waals surface area contributed by atoms with Crippen LogP contribution in [-0.4, -0.2) is 32.9 Å². The van der Waals surface area contributed by atoms with Gasteiger partial charge in [0.25, 0.3) is 5.91 Å². The van der Waals surface area contributed by atoms with Gasteiger partial charge in [0.2, 0.25) is 10.0 Å². The summed E-state index contributed by atoms with van der Waals surface area (Å²) in [5, 5.41) is 0. The van der Waals surface area contributed by atoms with E-state index in [0.29, 0.717) is 18.7 Å². The fraction of sp³-hybridized carbons (Fsp3) is 0.176. The molecule has 124 valence electrons. The first-order valence-corrected chi connectivity index (χ1v) is 8.95. The van der Waals surface area contributed by atoms with Crippen LogP contribution in [0.1, 0.15) is 11.1 Å². The van der Waals surface area contributed by atoms with Crippen molar-refractivity contribution in [3.05, 3.63) is 59.9 Å². The number of carbonyl (C=O) groups is 1. The third-order valence-corrected chi connectivity index (χ3v) is 5.31. The molecule has 1 aromatic carbocycles. The molecule has 0 fully saturated rings. The maximum Gasteiger partial charge on any atom is 0.251 e. The van der Waals surface area contributed by atoms with Crippen molar-refractivity contribution >= 4 is 27.7 Å². The average molecular weight is 343 g/mol. The van der Waals surface area contributed by atoms with Gasteiger partial charge >= 0.3 is 0 Å². The van der Waals surface area contributed by atoms with Gasteiger partial charge in [-0.05, 0) is 48.9 Å². The lowest BCUT2D eigenvalue weighted by atomic mass is 10.2. The monoisotopic (exact) mass is 343 g/mol. The Morgan fingerprint density at radius 2 is 2.17 bits per heavy atom. The van der Waals surface area contributed by atoms with E-state index in [0.717, 1.165) is 11.1 Å². The summed E-state index contributed by atoms with van der Waals surface area (Å²) in [5.74, 6) is -0.184. The molecule has 0 bridgehead atoms. The Kier molecular flexibility index (Phi) is 4.46. The molecule has 0 spiro atoms. The van der Waals surface area contributed by atoms with Crippen molar-refractivity contribution in [2.24, 2.45) is 0 Å². The van der Waals surface area contributed by atoms with Crippen molar-refractivity contribution in [1.29, 1.82) is 0 Å². The van der Waals surface area contributed by atoms with E-state index in [1.54, 1.807) is 47.6 Å². The predicted molar refractivity (Wildman–Crippen MR) is 92.0 cm³/mol. The molecule has 0 saturated heterocycles. The van der Waals surface area contributed by atoms with E-state index in [4.69, 9.17) is 0 Å². The number of aromatic nitrogens is 1. The third kappa shape index (κ3) is 3.22. The normalized spacial score (nSPS) is 14.1. The molecule has 1 aromatic heterocycles. The first-order chi connectivity index (χ1) is 11.5. The van der Waals surface area contributed by atoms with Crippen molar-refractivity contribution in [2.75, 3.05) is 18.5 Å². The number of carbonyl (C=O) groups excluding carboxylic acids is 1. The van der Waals surface area contributed by atoms with Crippen LogP contribution in [-0.2, 0) is 21.2 Å². The minimum Gasteiger partial charge on any atom is -0.308 e. The summed E-state index contributed by atoms with van der Waals surface area (Å²) >= 11 is 0. The van der Waals surface area contributed by atoms with Crippen LogP contribution in [0.5, 0.6) is 0 Å². The van der Waals surface area contributed by atoms with Gasteiger partial charge in [-0.15, -0.1) is 0 Å². The number of pyridine rings is 1. The quantitative estimate of drug-likeness (QED) is 0.855. The zero-order valence-corrected chi connectivity index (χ0v) is 14.0. The molecule has 6 nitrogen and oxygen atoms in total. The van der Waals surface area contributed by atoms with E-state index < -0.39 is 10.0 Å². The summed E-state index contributed by atoms with van der Waals surface area (Å²) in [7, 11) is -2.18. The largest absolute Gasteiger partial charge is 0.308 e. The van der Waals surface area contributed by atoms with Gasteiger partial charge in [0.05, 0.1) is 4.90 Å². The van der Waals surface area contributed by atoms with Gasteiger partial charge in [0.1, 0.15) is 0 Å². The van der Waals surface area contributed by atoms with Crippen molar-refractivity contribution in [2.45, 2.75) is 11.3 Å². The van der Waals surface area contributed by atoms with Gasteiger partial charge in [-0.25, -0.2) is 13.1 Å². The van der Waals surface area contributed by atoms with E-state index in [9.17, 15) is 13.2 Å². The van der Waals surface area contributed by atoms with Crippen molar-refractivity contribution in [3.63, 3.8) is 0 Å². The van der Waals surface area contributed by atoms with Gasteiger partial charge < -0.3 is 4.90 Å². The molecule has 0 radical (unpaired) electrons. The standard InChI is InChI=1S/C17H17N3O3S/c1-18-24(22,23)15-6-5-14-8-10-20(16(14)11-15)17(21)7-4-13-3-2-9-19-12-13/h2-7,9,11-12,18H,8,10H2,1H3/b7-4+. The fourth-order valence-electron chi connectivity index (χ4n) is 2.60. The minimum atomic E-state index is -3.54. The van der Waals surface area contributed by atoms with Gasteiger partial charge in [-0.1, -0.05) is 12.1 Å². The maximum atomic E-state index is 12.5. The lowest BCUT2D eigenvalue weighted by Gasteiger charge is -2.16. The maximum absolute atomic E-state index is 12.5. The molecule has 0 atom stereocenters. The first-order valence-electron chi connectivity index (χ1n) is 7.47. The number of hydrogen-bond donors (Lipinski definition) is 1. The number of sulfonamides is 1. The number of hydrogen-bond acceptors (Lipinski definition) is 4. The molecule has 2 heterocycles. The lowest BCUT2D eigenvalue weighted by molar-refractivity contribution is -0.114. The number of nitrogens with one attached hydrogen (secondary N) is 1. The zero-order valence-electron chi connectivity index (χ0n) is 13.1. The third-order valence-electron chi connectivity index (χ3n) is 3.90. The Hall–Kier alpha value is -2.51. The summed E-state index contributed by atoms with van der Waals surface area (Å²) < 4.78 is 26.2. The van der Waals surface area contributed by atoms with Gasteiger partial charge in [-0.3, -0.25) is 9.78 Å². The molecule has 1 N–H and O–H groups in total. The number of amides is 1. The van der Waals surface area contributed by atoms with E-state index >= 15 is 0 Å². The molecule has 3 rings (SSSR count). The predicted octanol–water partition coefficient (Wildman–Crippen LogP) is 1.59. The Morgan fingerprint density at radius 1 is 1.33 bits per heavy atom. The average Bonchev–Trinajstić information content (AvgIpc) is 3.04. The molecule has 0 aliphatic carbocycles. The van der Waals surface area contributed by atoms with Crippen molar-refractivity contribution < 1.29 is 13.2 Å². The van der Waals surface area contributed by atoms with Crippen LogP contribution in [0.4, 0.5) is 5.69 Å². The molecule has 7 heteroatoms. The van der Waals surface area contributed by atoms with Gasteiger partial charge in [-0.2, -0.15) is 0 Å². The van der Waals surface area contributed by atoms with E-state index in [-0.39, 0.29) is 10.8 Å². The number of fused-ring (bicyclic) bond motifs is 1. The first kappa shape index (κ1) is 16.4. The van der Waals surface area contributed by atoms with E-state index in [1.165, 1.54) is 13.1 Å². The van der Waals surface area contributed by atoms with Gasteiger partial charge in [0.15, 0.2) is 0 Å². The second kappa shape index (κ2) is 6.54. The van der Waals surface area contributed by atoms with Crippen LogP contribution < -0.4 is 9.62 Å². The summed E-state index contributed by atoms with van der Waals surface area (Å²) in [6.07, 6.45) is 7.22. The number of benzene rings is 1. The Labute approximate surface area is 140 Å². The molecule has 1 aliphatic heterocycles. The Bertz CT molecular complexity index is 893. The van der Waals surface area contributed by atoms with E-state index in [1.807, 2.05) is 6.07 Å². The molecule has 24 heavy (non-hydrogen) atoms. The van der Waals surface area contributed by atoms with E-state index in [2.05, 4.69) is 9.71 Å². The molecule has 2 aromatic rings. The van der Waals surface area contributed by atoms with Crippen LogP contribution in [0.3, 0.4) is 0 Å². The van der Waals surface area contributed by atoms with Crippen molar-refractivity contribution in [1.82, 2.24) is 9.71 Å². The summed E-state index contributed by atoms with van der Waals surface area (Å²) in [6.45, 7) is 0.536. The molecule has 0 unspecified atom stereocenters. The molecule has 1 amide bonds. The SMILES string of the molecule is CNS(=O)(=O)c1ccc2c(c1)N(C(=O)/C=C/c1cccnc1)CC2. The zero-order chi connectivity index (χ0) is 17.2. The van der Waals surface area contributed by atoms with Crippen LogP contribution in [0.15, 0.2) is 53.7 Å². The van der Waals surface area contributed by atoms with Crippen LogP contribution in [0.25, 0.3) is 6.08 Å². The van der Waals surface area contributed by atoms with Crippen LogP contribution in [0, 0.1) is 0 Å².